The lowest BCUT2D eigenvalue weighted by Gasteiger charge is -2.29. The van der Waals surface area contributed by atoms with E-state index >= 15 is 0 Å². The first-order valence-electron chi connectivity index (χ1n) is 11.7. The second-order valence-electron chi connectivity index (χ2n) is 8.58. The average Bonchev–Trinajstić information content (AvgIpc) is 3.35. The lowest BCUT2D eigenvalue weighted by molar-refractivity contribution is -0.149. The van der Waals surface area contributed by atoms with E-state index in [9.17, 15) is 24.3 Å². The van der Waals surface area contributed by atoms with Crippen LogP contribution in [0.25, 0.3) is 0 Å². The summed E-state index contributed by atoms with van der Waals surface area (Å²) in [6, 6.07) is 5.15. The molecule has 1 heterocycles. The SMILES string of the molecule is NC(N)=NCCCC(N)C(=O)NC(CS)C(=O)NC(Cc1ccccc1)C(=O)N1CCCC1C(=O)O. The molecule has 0 aliphatic carbocycles. The van der Waals surface area contributed by atoms with E-state index in [1.54, 1.807) is 12.1 Å². The highest BCUT2D eigenvalue weighted by atomic mass is 32.1. The number of aliphatic carboxylic acids is 1. The fourth-order valence-electron chi connectivity index (χ4n) is 3.93. The summed E-state index contributed by atoms with van der Waals surface area (Å²) in [6.45, 7) is 0.606. The average molecular weight is 522 g/mol. The van der Waals surface area contributed by atoms with Crippen LogP contribution >= 0.6 is 12.6 Å². The Morgan fingerprint density at radius 1 is 1.11 bits per heavy atom. The Labute approximate surface area is 215 Å². The van der Waals surface area contributed by atoms with Crippen LogP contribution in [0.1, 0.15) is 31.2 Å². The Morgan fingerprint density at radius 3 is 2.39 bits per heavy atom. The minimum absolute atomic E-state index is 0.0357. The second-order valence-corrected chi connectivity index (χ2v) is 8.94. The summed E-state index contributed by atoms with van der Waals surface area (Å²) in [5.74, 6) is -2.83. The fourth-order valence-corrected chi connectivity index (χ4v) is 4.19. The third-order valence-corrected chi connectivity index (χ3v) is 6.20. The largest absolute Gasteiger partial charge is 0.480 e. The summed E-state index contributed by atoms with van der Waals surface area (Å²) in [5, 5.41) is 14.8. The van der Waals surface area contributed by atoms with Crippen LogP contribution in [0.5, 0.6) is 0 Å². The number of guanidine groups is 1. The number of nitrogens with zero attached hydrogens (tertiary/aromatic N) is 2. The molecule has 1 fully saturated rings. The molecule has 1 aromatic rings. The van der Waals surface area contributed by atoms with Crippen LogP contribution in [-0.2, 0) is 25.6 Å². The second kappa shape index (κ2) is 14.3. The topological polar surface area (TPSA) is 206 Å². The first-order valence-corrected chi connectivity index (χ1v) is 12.4. The maximum Gasteiger partial charge on any atom is 0.326 e. The summed E-state index contributed by atoms with van der Waals surface area (Å²) in [6.07, 6.45) is 1.84. The lowest BCUT2D eigenvalue weighted by Crippen LogP contribution is -2.58. The van der Waals surface area contributed by atoms with Crippen molar-refractivity contribution in [2.45, 2.75) is 56.3 Å². The molecular formula is C23H35N7O5S. The van der Waals surface area contributed by atoms with Gasteiger partial charge in [-0.25, -0.2) is 4.79 Å². The number of nitrogens with two attached hydrogens (primary N) is 3. The Bertz CT molecular complexity index is 942. The number of carbonyl (C=O) groups is 4. The van der Waals surface area contributed by atoms with Crippen LogP contribution in [0.2, 0.25) is 0 Å². The highest BCUT2D eigenvalue weighted by molar-refractivity contribution is 7.80. The van der Waals surface area contributed by atoms with Gasteiger partial charge in [-0.05, 0) is 31.2 Å². The van der Waals surface area contributed by atoms with Crippen LogP contribution in [-0.4, -0.2) is 82.7 Å². The minimum atomic E-state index is -1.08. The van der Waals surface area contributed by atoms with Gasteiger partial charge in [0, 0.05) is 25.3 Å². The first-order chi connectivity index (χ1) is 17.1. The van der Waals surface area contributed by atoms with Gasteiger partial charge in [-0.1, -0.05) is 30.3 Å². The molecule has 4 atom stereocenters. The predicted octanol–water partition coefficient (Wildman–Crippen LogP) is -1.41. The zero-order valence-electron chi connectivity index (χ0n) is 20.0. The Hall–Kier alpha value is -3.32. The van der Waals surface area contributed by atoms with Gasteiger partial charge >= 0.3 is 5.97 Å². The quantitative estimate of drug-likeness (QED) is 0.0708. The third-order valence-electron chi connectivity index (χ3n) is 5.84. The number of nitrogens with one attached hydrogen (secondary N) is 2. The molecule has 12 nitrogen and oxygen atoms in total. The molecule has 0 saturated carbocycles. The molecule has 1 aliphatic heterocycles. The maximum atomic E-state index is 13.3. The number of amides is 3. The van der Waals surface area contributed by atoms with Gasteiger partial charge in [0.05, 0.1) is 6.04 Å². The van der Waals surface area contributed by atoms with Crippen molar-refractivity contribution in [2.24, 2.45) is 22.2 Å². The van der Waals surface area contributed by atoms with Gasteiger partial charge in [0.25, 0.3) is 0 Å². The third kappa shape index (κ3) is 8.72. The van der Waals surface area contributed by atoms with Crippen molar-refractivity contribution in [3.63, 3.8) is 0 Å². The van der Waals surface area contributed by atoms with Crippen molar-refractivity contribution < 1.29 is 24.3 Å². The molecule has 1 aliphatic rings. The van der Waals surface area contributed by atoms with Crippen LogP contribution < -0.4 is 27.8 Å². The van der Waals surface area contributed by atoms with Crippen molar-refractivity contribution >= 4 is 42.3 Å². The van der Waals surface area contributed by atoms with E-state index in [2.05, 4.69) is 28.3 Å². The van der Waals surface area contributed by atoms with Gasteiger partial charge in [0.15, 0.2) is 5.96 Å². The normalized spacial score (nSPS) is 17.5. The van der Waals surface area contributed by atoms with E-state index in [1.807, 2.05) is 18.2 Å². The molecule has 1 aromatic carbocycles. The van der Waals surface area contributed by atoms with Gasteiger partial charge in [-0.2, -0.15) is 12.6 Å². The van der Waals surface area contributed by atoms with Crippen molar-refractivity contribution in [2.75, 3.05) is 18.8 Å². The number of carbonyl (C=O) groups excluding carboxylic acids is 3. The van der Waals surface area contributed by atoms with Gasteiger partial charge in [-0.15, -0.1) is 0 Å². The number of rotatable bonds is 13. The summed E-state index contributed by atoms with van der Waals surface area (Å²) in [7, 11) is 0. The molecule has 3 amide bonds. The number of carboxylic acid groups (broad SMARTS) is 1. The molecule has 9 N–H and O–H groups in total. The van der Waals surface area contributed by atoms with Crippen LogP contribution in [0.15, 0.2) is 35.3 Å². The van der Waals surface area contributed by atoms with Gasteiger partial charge in [0.1, 0.15) is 18.1 Å². The van der Waals surface area contributed by atoms with Crippen molar-refractivity contribution in [1.29, 1.82) is 0 Å². The summed E-state index contributed by atoms with van der Waals surface area (Å²) >= 11 is 4.17. The number of thiol groups is 1. The molecule has 1 saturated heterocycles. The van der Waals surface area contributed by atoms with Crippen molar-refractivity contribution in [1.82, 2.24) is 15.5 Å². The molecule has 0 radical (unpaired) electrons. The highest BCUT2D eigenvalue weighted by Crippen LogP contribution is 2.19. The molecule has 2 rings (SSSR count). The zero-order chi connectivity index (χ0) is 26.7. The molecule has 0 bridgehead atoms. The van der Waals surface area contributed by atoms with Gasteiger partial charge in [-0.3, -0.25) is 19.4 Å². The van der Waals surface area contributed by atoms with Crippen LogP contribution in [0.3, 0.4) is 0 Å². The fraction of sp³-hybridized carbons (Fsp3) is 0.522. The molecule has 13 heteroatoms. The molecule has 198 valence electrons. The standard InChI is InChI=1S/C23H35N7O5S/c24-15(8-4-10-27-23(25)26)19(31)29-17(13-36)20(32)28-16(12-14-6-2-1-3-7-14)21(33)30-11-5-9-18(30)22(34)35/h1-3,6-7,15-18,36H,4-5,8-13,24H2,(H,28,32)(H,29,31)(H,34,35)(H4,25,26,27). The number of likely N-dealkylation sites (tertiary alicyclic amines) is 1. The van der Waals surface area contributed by atoms with Crippen LogP contribution in [0, 0.1) is 0 Å². The molecule has 0 aromatic heterocycles. The Balaban J connectivity index is 2.08. The van der Waals surface area contributed by atoms with E-state index in [1.165, 1.54) is 4.90 Å². The molecule has 4 unspecified atom stereocenters. The van der Waals surface area contributed by atoms with Crippen molar-refractivity contribution in [3.05, 3.63) is 35.9 Å². The zero-order valence-corrected chi connectivity index (χ0v) is 20.9. The van der Waals surface area contributed by atoms with E-state index in [0.29, 0.717) is 38.8 Å². The number of hydrogen-bond donors (Lipinski definition) is 7. The molecule has 36 heavy (non-hydrogen) atoms. The maximum absolute atomic E-state index is 13.3. The van der Waals surface area contributed by atoms with Crippen molar-refractivity contribution in [3.8, 4) is 0 Å². The number of hydrogen-bond acceptors (Lipinski definition) is 7. The van der Waals surface area contributed by atoms with Crippen LogP contribution in [0.4, 0.5) is 0 Å². The van der Waals surface area contributed by atoms with Gasteiger partial charge in [0.2, 0.25) is 17.7 Å². The first kappa shape index (κ1) is 28.9. The van der Waals surface area contributed by atoms with E-state index in [-0.39, 0.29) is 18.1 Å². The van der Waals surface area contributed by atoms with Gasteiger partial charge < -0.3 is 37.8 Å². The Morgan fingerprint density at radius 2 is 1.78 bits per heavy atom. The monoisotopic (exact) mass is 521 g/mol. The Kier molecular flexibility index (Phi) is 11.5. The summed E-state index contributed by atoms with van der Waals surface area (Å²) in [5.41, 5.74) is 17.2. The highest BCUT2D eigenvalue weighted by Gasteiger charge is 2.38. The number of aliphatic imine (C=N–C) groups is 1. The number of carboxylic acids is 1. The minimum Gasteiger partial charge on any atom is -0.480 e. The summed E-state index contributed by atoms with van der Waals surface area (Å²) < 4.78 is 0. The molecule has 0 spiro atoms. The van der Waals surface area contributed by atoms with E-state index in [0.717, 1.165) is 5.56 Å². The molecular weight excluding hydrogens is 486 g/mol. The summed E-state index contributed by atoms with van der Waals surface area (Å²) in [4.78, 5) is 55.6. The van der Waals surface area contributed by atoms with E-state index < -0.39 is 47.9 Å². The predicted molar refractivity (Wildman–Crippen MR) is 138 cm³/mol. The van der Waals surface area contributed by atoms with E-state index in [4.69, 9.17) is 17.2 Å². The lowest BCUT2D eigenvalue weighted by atomic mass is 10.0. The number of benzene rings is 1. The smallest absolute Gasteiger partial charge is 0.326 e.